The smallest absolute Gasteiger partial charge is 0.333 e. The third kappa shape index (κ3) is 5.00. The number of carbonyl (C=O) groups excluding carboxylic acids is 2. The molecule has 1 aliphatic rings. The number of nitrogens with one attached hydrogen (secondary N) is 3. The minimum atomic E-state index is -0.554. The second-order valence-corrected chi connectivity index (χ2v) is 6.00. The molecule has 1 saturated heterocycles. The summed E-state index contributed by atoms with van der Waals surface area (Å²) in [5, 5.41) is 4.43. The average molecular weight is 313 g/mol. The predicted molar refractivity (Wildman–Crippen MR) is 77.8 cm³/mol. The highest BCUT2D eigenvalue weighted by Crippen LogP contribution is 2.23. The van der Waals surface area contributed by atoms with Crippen LogP contribution >= 0.6 is 11.3 Å². The van der Waals surface area contributed by atoms with Crippen LogP contribution in [-0.4, -0.2) is 37.0 Å². The van der Waals surface area contributed by atoms with Crippen molar-refractivity contribution in [2.75, 3.05) is 13.2 Å². The Labute approximate surface area is 127 Å². The molecule has 0 radical (unpaired) electrons. The van der Waals surface area contributed by atoms with E-state index < -0.39 is 11.8 Å². The van der Waals surface area contributed by atoms with Crippen LogP contribution < -0.4 is 16.2 Å². The van der Waals surface area contributed by atoms with Gasteiger partial charge < -0.3 is 14.8 Å². The van der Waals surface area contributed by atoms with Crippen molar-refractivity contribution in [1.82, 2.24) is 16.2 Å². The summed E-state index contributed by atoms with van der Waals surface area (Å²) >= 11 is 1.30. The zero-order valence-corrected chi connectivity index (χ0v) is 12.8. The van der Waals surface area contributed by atoms with E-state index in [-0.39, 0.29) is 12.0 Å². The van der Waals surface area contributed by atoms with Gasteiger partial charge in [0, 0.05) is 6.54 Å². The number of urea groups is 1. The third-order valence-electron chi connectivity index (χ3n) is 2.85. The van der Waals surface area contributed by atoms with Crippen LogP contribution in [0.5, 0.6) is 0 Å². The first-order valence-corrected chi connectivity index (χ1v) is 7.54. The molecular formula is C13H19N3O4S. The van der Waals surface area contributed by atoms with Gasteiger partial charge in [-0.1, -0.05) is 6.07 Å². The maximum absolute atomic E-state index is 11.6. The average Bonchev–Trinajstić information content (AvgIpc) is 3.05. The first kappa shape index (κ1) is 15.7. The molecular weight excluding hydrogens is 294 g/mol. The summed E-state index contributed by atoms with van der Waals surface area (Å²) in [5.41, 5.74) is 4.63. The summed E-state index contributed by atoms with van der Waals surface area (Å²) < 4.78 is 11.0. The van der Waals surface area contributed by atoms with Gasteiger partial charge in [0.2, 0.25) is 0 Å². The molecule has 8 heteroatoms. The van der Waals surface area contributed by atoms with Gasteiger partial charge >= 0.3 is 6.03 Å². The van der Waals surface area contributed by atoms with Crippen molar-refractivity contribution in [3.63, 3.8) is 0 Å². The van der Waals surface area contributed by atoms with Gasteiger partial charge in [0.25, 0.3) is 5.91 Å². The molecule has 0 bridgehead atoms. The number of ether oxygens (including phenoxy) is 2. The van der Waals surface area contributed by atoms with Gasteiger partial charge in [-0.25, -0.2) is 10.2 Å². The number of carbonyl (C=O) groups is 2. The van der Waals surface area contributed by atoms with Gasteiger partial charge in [-0.3, -0.25) is 10.2 Å². The third-order valence-corrected chi connectivity index (χ3v) is 3.72. The normalized spacial score (nSPS) is 20.0. The molecule has 2 rings (SSSR count). The lowest BCUT2D eigenvalue weighted by Crippen LogP contribution is -2.47. The lowest BCUT2D eigenvalue weighted by molar-refractivity contribution is -0.138. The molecule has 3 N–H and O–H groups in total. The molecule has 1 aliphatic heterocycles. The van der Waals surface area contributed by atoms with Crippen molar-refractivity contribution in [2.24, 2.45) is 0 Å². The highest BCUT2D eigenvalue weighted by Gasteiger charge is 2.32. The Hall–Kier alpha value is -1.64. The topological polar surface area (TPSA) is 88.7 Å². The van der Waals surface area contributed by atoms with Gasteiger partial charge in [-0.05, 0) is 31.7 Å². The molecule has 0 aliphatic carbocycles. The highest BCUT2D eigenvalue weighted by atomic mass is 32.1. The summed E-state index contributed by atoms with van der Waals surface area (Å²) in [6.07, 6.45) is 0.622. The SMILES string of the molecule is CC1(C)OC[C@H](CCNC(=O)NNC(=O)c2cccs2)O1. The number of rotatable bonds is 4. The molecule has 1 fully saturated rings. The van der Waals surface area contributed by atoms with Crippen LogP contribution in [0.2, 0.25) is 0 Å². The van der Waals surface area contributed by atoms with E-state index in [2.05, 4.69) is 16.2 Å². The largest absolute Gasteiger partial charge is 0.348 e. The quantitative estimate of drug-likeness (QED) is 0.730. The molecule has 0 saturated carbocycles. The molecule has 0 aromatic carbocycles. The number of hydrazine groups is 1. The molecule has 7 nitrogen and oxygen atoms in total. The molecule has 2 heterocycles. The Morgan fingerprint density at radius 2 is 2.24 bits per heavy atom. The lowest BCUT2D eigenvalue weighted by Gasteiger charge is -2.17. The van der Waals surface area contributed by atoms with Crippen molar-refractivity contribution >= 4 is 23.3 Å². The van der Waals surface area contributed by atoms with Crippen LogP contribution in [0.25, 0.3) is 0 Å². The second kappa shape index (κ2) is 6.88. The fraction of sp³-hybridized carbons (Fsp3) is 0.538. The van der Waals surface area contributed by atoms with Gasteiger partial charge in [0.05, 0.1) is 17.6 Å². The van der Waals surface area contributed by atoms with E-state index in [0.717, 1.165) is 0 Å². The Morgan fingerprint density at radius 3 is 2.86 bits per heavy atom. The van der Waals surface area contributed by atoms with Crippen LogP contribution in [0.1, 0.15) is 29.9 Å². The second-order valence-electron chi connectivity index (χ2n) is 5.05. The van der Waals surface area contributed by atoms with Gasteiger partial charge in [0.15, 0.2) is 5.79 Å². The molecule has 21 heavy (non-hydrogen) atoms. The first-order chi connectivity index (χ1) is 9.96. The molecule has 0 spiro atoms. The Morgan fingerprint density at radius 1 is 1.43 bits per heavy atom. The number of amides is 3. The summed E-state index contributed by atoms with van der Waals surface area (Å²) in [6.45, 7) is 4.66. The first-order valence-electron chi connectivity index (χ1n) is 6.66. The Kier molecular flexibility index (Phi) is 5.16. The van der Waals surface area contributed by atoms with Gasteiger partial charge in [0.1, 0.15) is 0 Å². The zero-order valence-electron chi connectivity index (χ0n) is 12.0. The summed E-state index contributed by atoms with van der Waals surface area (Å²) in [5.74, 6) is -0.892. The molecule has 3 amide bonds. The van der Waals surface area contributed by atoms with Crippen LogP contribution in [0.4, 0.5) is 4.79 Å². The van der Waals surface area contributed by atoms with Crippen molar-refractivity contribution in [1.29, 1.82) is 0 Å². The predicted octanol–water partition coefficient (Wildman–Crippen LogP) is 1.23. The highest BCUT2D eigenvalue weighted by molar-refractivity contribution is 7.12. The minimum Gasteiger partial charge on any atom is -0.348 e. The fourth-order valence-electron chi connectivity index (χ4n) is 1.88. The van der Waals surface area contributed by atoms with Crippen molar-refractivity contribution in [3.8, 4) is 0 Å². The van der Waals surface area contributed by atoms with Gasteiger partial charge in [-0.15, -0.1) is 11.3 Å². The standard InChI is InChI=1S/C13H19N3O4S/c1-13(2)19-8-9(20-13)5-6-14-12(18)16-15-11(17)10-4-3-7-21-10/h3-4,7,9H,5-6,8H2,1-2H3,(H,15,17)(H2,14,16,18)/t9-/m0/s1. The van der Waals surface area contributed by atoms with Crippen molar-refractivity contribution in [2.45, 2.75) is 32.2 Å². The molecule has 1 aromatic rings. The number of thiophene rings is 1. The Balaban J connectivity index is 1.59. The van der Waals surface area contributed by atoms with Crippen LogP contribution in [0.15, 0.2) is 17.5 Å². The monoisotopic (exact) mass is 313 g/mol. The van der Waals surface area contributed by atoms with E-state index in [4.69, 9.17) is 9.47 Å². The molecule has 0 unspecified atom stereocenters. The summed E-state index contributed by atoms with van der Waals surface area (Å²) in [6, 6.07) is 2.99. The molecule has 116 valence electrons. The van der Waals surface area contributed by atoms with E-state index in [1.54, 1.807) is 17.5 Å². The van der Waals surface area contributed by atoms with Crippen LogP contribution in [0.3, 0.4) is 0 Å². The van der Waals surface area contributed by atoms with Crippen molar-refractivity contribution < 1.29 is 19.1 Å². The van der Waals surface area contributed by atoms with E-state index in [1.165, 1.54) is 11.3 Å². The summed E-state index contributed by atoms with van der Waals surface area (Å²) in [4.78, 5) is 23.6. The van der Waals surface area contributed by atoms with E-state index in [1.807, 2.05) is 13.8 Å². The Bertz CT molecular complexity index is 490. The minimum absolute atomic E-state index is 0.0268. The van der Waals surface area contributed by atoms with Crippen molar-refractivity contribution in [3.05, 3.63) is 22.4 Å². The molecule has 1 atom stereocenters. The van der Waals surface area contributed by atoms with E-state index >= 15 is 0 Å². The number of hydrogen-bond donors (Lipinski definition) is 3. The molecule has 1 aromatic heterocycles. The van der Waals surface area contributed by atoms with Crippen LogP contribution in [0, 0.1) is 0 Å². The van der Waals surface area contributed by atoms with E-state index in [9.17, 15) is 9.59 Å². The maximum atomic E-state index is 11.6. The fourth-order valence-corrected chi connectivity index (χ4v) is 2.50. The van der Waals surface area contributed by atoms with E-state index in [0.29, 0.717) is 24.4 Å². The van der Waals surface area contributed by atoms with Crippen LogP contribution in [-0.2, 0) is 9.47 Å². The zero-order chi connectivity index (χ0) is 15.3. The van der Waals surface area contributed by atoms with Gasteiger partial charge in [-0.2, -0.15) is 0 Å². The lowest BCUT2D eigenvalue weighted by atomic mass is 10.3. The summed E-state index contributed by atoms with van der Waals surface area (Å²) in [7, 11) is 0. The maximum Gasteiger partial charge on any atom is 0.333 e. The number of hydrogen-bond acceptors (Lipinski definition) is 5.